The minimum Gasteiger partial charge on any atom is -0.461 e. The summed E-state index contributed by atoms with van der Waals surface area (Å²) in [6, 6.07) is 1.95. The summed E-state index contributed by atoms with van der Waals surface area (Å²) in [5, 5.41) is 0. The maximum atomic E-state index is 11.5. The van der Waals surface area contributed by atoms with Gasteiger partial charge < -0.3 is 9.72 Å². The number of fused-ring (bicyclic) bond motifs is 1. The van der Waals surface area contributed by atoms with Crippen molar-refractivity contribution in [2.45, 2.75) is 39.0 Å². The lowest BCUT2D eigenvalue weighted by atomic mass is 9.89. The summed E-state index contributed by atoms with van der Waals surface area (Å²) in [5.74, 6) is 0.302. The molecule has 2 rings (SSSR count). The summed E-state index contributed by atoms with van der Waals surface area (Å²) >= 11 is 0. The first-order valence-corrected chi connectivity index (χ1v) is 5.61. The van der Waals surface area contributed by atoms with Crippen LogP contribution in [0.3, 0.4) is 0 Å². The molecular formula is C12H17NO2. The third-order valence-electron chi connectivity index (χ3n) is 3.01. The molecule has 1 aromatic rings. The lowest BCUT2D eigenvalue weighted by Crippen LogP contribution is -2.06. The summed E-state index contributed by atoms with van der Waals surface area (Å²) in [7, 11) is 0. The Bertz CT molecular complexity index is 368. The van der Waals surface area contributed by atoms with E-state index in [0.29, 0.717) is 18.2 Å². The highest BCUT2D eigenvalue weighted by Gasteiger charge is 2.21. The molecule has 0 aliphatic heterocycles. The number of rotatable bonds is 2. The van der Waals surface area contributed by atoms with E-state index in [4.69, 9.17) is 4.74 Å². The van der Waals surface area contributed by atoms with E-state index in [1.807, 2.05) is 13.0 Å². The number of carbonyl (C=O) groups excluding carboxylic acids is 1. The quantitative estimate of drug-likeness (QED) is 0.757. The number of aromatic nitrogens is 1. The van der Waals surface area contributed by atoms with Crippen LogP contribution in [0.1, 0.15) is 54.4 Å². The highest BCUT2D eigenvalue weighted by Crippen LogP contribution is 2.31. The van der Waals surface area contributed by atoms with Gasteiger partial charge in [-0.05, 0) is 43.7 Å². The molecule has 1 aliphatic rings. The van der Waals surface area contributed by atoms with Crippen molar-refractivity contribution in [1.29, 1.82) is 0 Å². The molecule has 82 valence electrons. The molecule has 0 spiro atoms. The number of esters is 1. The van der Waals surface area contributed by atoms with Gasteiger partial charge in [0.2, 0.25) is 0 Å². The van der Waals surface area contributed by atoms with E-state index in [0.717, 1.165) is 6.42 Å². The van der Waals surface area contributed by atoms with E-state index in [-0.39, 0.29) is 5.97 Å². The van der Waals surface area contributed by atoms with E-state index in [1.54, 1.807) is 0 Å². The molecule has 1 N–H and O–H groups in total. The first-order chi connectivity index (χ1) is 7.22. The molecule has 15 heavy (non-hydrogen) atoms. The van der Waals surface area contributed by atoms with Crippen molar-refractivity contribution in [1.82, 2.24) is 4.98 Å². The molecule has 0 aromatic carbocycles. The molecule has 1 aliphatic carbocycles. The van der Waals surface area contributed by atoms with E-state index in [2.05, 4.69) is 11.9 Å². The highest BCUT2D eigenvalue weighted by molar-refractivity contribution is 5.88. The number of H-pyrrole nitrogens is 1. The third-order valence-corrected chi connectivity index (χ3v) is 3.01. The maximum Gasteiger partial charge on any atom is 0.354 e. The van der Waals surface area contributed by atoms with Gasteiger partial charge in [0.15, 0.2) is 0 Å². The Morgan fingerprint density at radius 2 is 2.47 bits per heavy atom. The highest BCUT2D eigenvalue weighted by atomic mass is 16.5. The fourth-order valence-corrected chi connectivity index (χ4v) is 2.22. The minimum atomic E-state index is -0.237. The minimum absolute atomic E-state index is 0.237. The second kappa shape index (κ2) is 4.09. The topological polar surface area (TPSA) is 42.1 Å². The number of carbonyl (C=O) groups is 1. The Morgan fingerprint density at radius 3 is 3.13 bits per heavy atom. The molecular weight excluding hydrogens is 190 g/mol. The first-order valence-electron chi connectivity index (χ1n) is 5.61. The number of nitrogens with one attached hydrogen (secondary N) is 1. The number of ether oxygens (including phenoxy) is 1. The fraction of sp³-hybridized carbons (Fsp3) is 0.583. The van der Waals surface area contributed by atoms with Crippen LogP contribution in [-0.2, 0) is 11.2 Å². The van der Waals surface area contributed by atoms with Crippen molar-refractivity contribution in [3.63, 3.8) is 0 Å². The second-order valence-electron chi connectivity index (χ2n) is 4.14. The third kappa shape index (κ3) is 1.91. The van der Waals surface area contributed by atoms with Crippen LogP contribution in [0.25, 0.3) is 0 Å². The van der Waals surface area contributed by atoms with Gasteiger partial charge in [0.1, 0.15) is 5.69 Å². The second-order valence-corrected chi connectivity index (χ2v) is 4.14. The van der Waals surface area contributed by atoms with Gasteiger partial charge in [-0.1, -0.05) is 6.92 Å². The van der Waals surface area contributed by atoms with Gasteiger partial charge in [0.25, 0.3) is 0 Å². The molecule has 1 heterocycles. The van der Waals surface area contributed by atoms with Gasteiger partial charge >= 0.3 is 5.97 Å². The average Bonchev–Trinajstić information content (AvgIpc) is 2.63. The summed E-state index contributed by atoms with van der Waals surface area (Å²) in [6.45, 7) is 4.45. The van der Waals surface area contributed by atoms with Crippen molar-refractivity contribution in [2.24, 2.45) is 0 Å². The van der Waals surface area contributed by atoms with E-state index in [1.165, 1.54) is 24.1 Å². The Labute approximate surface area is 89.8 Å². The molecule has 0 fully saturated rings. The molecule has 0 radical (unpaired) electrons. The molecule has 3 nitrogen and oxygen atoms in total. The molecule has 0 amide bonds. The Kier molecular flexibility index (Phi) is 2.80. The largest absolute Gasteiger partial charge is 0.461 e. The summed E-state index contributed by atoms with van der Waals surface area (Å²) in [6.07, 6.45) is 3.50. The van der Waals surface area contributed by atoms with Gasteiger partial charge in [-0.2, -0.15) is 0 Å². The van der Waals surface area contributed by atoms with E-state index in [9.17, 15) is 4.79 Å². The molecule has 0 saturated heterocycles. The Balaban J connectivity index is 2.25. The average molecular weight is 207 g/mol. The summed E-state index contributed by atoms with van der Waals surface area (Å²) in [5.41, 5.74) is 3.12. The van der Waals surface area contributed by atoms with Crippen molar-refractivity contribution in [3.8, 4) is 0 Å². The molecule has 1 unspecified atom stereocenters. The van der Waals surface area contributed by atoms with Crippen molar-refractivity contribution in [2.75, 3.05) is 6.61 Å². The lowest BCUT2D eigenvalue weighted by Gasteiger charge is -2.17. The Morgan fingerprint density at radius 1 is 1.67 bits per heavy atom. The van der Waals surface area contributed by atoms with Gasteiger partial charge in [-0.15, -0.1) is 0 Å². The molecule has 0 saturated carbocycles. The SMILES string of the molecule is CCOC(=O)c1cc2c([nH]1)C(C)CCC2. The first kappa shape index (κ1) is 10.3. The van der Waals surface area contributed by atoms with Crippen LogP contribution in [-0.4, -0.2) is 17.6 Å². The lowest BCUT2D eigenvalue weighted by molar-refractivity contribution is 0.0520. The zero-order valence-electron chi connectivity index (χ0n) is 9.30. The number of hydrogen-bond donors (Lipinski definition) is 1. The van der Waals surface area contributed by atoms with Crippen molar-refractivity contribution < 1.29 is 9.53 Å². The number of hydrogen-bond acceptors (Lipinski definition) is 2. The van der Waals surface area contributed by atoms with Gasteiger partial charge in [0.05, 0.1) is 6.61 Å². The van der Waals surface area contributed by atoms with Crippen molar-refractivity contribution in [3.05, 3.63) is 23.0 Å². The van der Waals surface area contributed by atoms with Crippen molar-refractivity contribution >= 4 is 5.97 Å². The van der Waals surface area contributed by atoms with E-state index >= 15 is 0 Å². The van der Waals surface area contributed by atoms with Crippen LogP contribution in [0, 0.1) is 0 Å². The van der Waals surface area contributed by atoms with Crippen LogP contribution in [0.2, 0.25) is 0 Å². The van der Waals surface area contributed by atoms with Gasteiger partial charge in [-0.25, -0.2) is 4.79 Å². The Hall–Kier alpha value is -1.25. The van der Waals surface area contributed by atoms with Gasteiger partial charge in [-0.3, -0.25) is 0 Å². The maximum absolute atomic E-state index is 11.5. The van der Waals surface area contributed by atoms with Crippen LogP contribution in [0.5, 0.6) is 0 Å². The number of aryl methyl sites for hydroxylation is 1. The molecule has 3 heteroatoms. The van der Waals surface area contributed by atoms with E-state index < -0.39 is 0 Å². The fourth-order valence-electron chi connectivity index (χ4n) is 2.22. The predicted octanol–water partition coefficient (Wildman–Crippen LogP) is 2.63. The summed E-state index contributed by atoms with van der Waals surface area (Å²) < 4.78 is 4.97. The zero-order chi connectivity index (χ0) is 10.8. The van der Waals surface area contributed by atoms with Crippen LogP contribution in [0.15, 0.2) is 6.07 Å². The number of aromatic amines is 1. The normalized spacial score (nSPS) is 19.7. The zero-order valence-corrected chi connectivity index (χ0v) is 9.30. The molecule has 1 aromatic heterocycles. The van der Waals surface area contributed by atoms with Crippen LogP contribution >= 0.6 is 0 Å². The molecule has 1 atom stereocenters. The monoisotopic (exact) mass is 207 g/mol. The predicted molar refractivity (Wildman–Crippen MR) is 58.1 cm³/mol. The summed E-state index contributed by atoms with van der Waals surface area (Å²) in [4.78, 5) is 14.7. The standard InChI is InChI=1S/C12H17NO2/c1-3-15-12(14)10-7-9-6-4-5-8(2)11(9)13-10/h7-8,13H,3-6H2,1-2H3. The van der Waals surface area contributed by atoms with Crippen LogP contribution < -0.4 is 0 Å². The smallest absolute Gasteiger partial charge is 0.354 e. The molecule has 0 bridgehead atoms. The van der Waals surface area contributed by atoms with Crippen LogP contribution in [0.4, 0.5) is 0 Å². The van der Waals surface area contributed by atoms with Gasteiger partial charge in [0, 0.05) is 5.69 Å².